The topological polar surface area (TPSA) is 108 Å². The highest BCUT2D eigenvalue weighted by Crippen LogP contribution is 2.20. The van der Waals surface area contributed by atoms with Crippen LogP contribution in [0.5, 0.6) is 0 Å². The molecule has 1 amide bonds. The minimum atomic E-state index is -3.77. The maximum absolute atomic E-state index is 12.1. The summed E-state index contributed by atoms with van der Waals surface area (Å²) in [5, 5.41) is 8.06. The molecule has 1 aliphatic rings. The van der Waals surface area contributed by atoms with Crippen LogP contribution >= 0.6 is 0 Å². The largest absolute Gasteiger partial charge is 0.378 e. The van der Waals surface area contributed by atoms with E-state index in [-0.39, 0.29) is 29.4 Å². The van der Waals surface area contributed by atoms with Crippen molar-refractivity contribution < 1.29 is 22.7 Å². The van der Waals surface area contributed by atoms with Gasteiger partial charge in [0.05, 0.1) is 30.3 Å². The fourth-order valence-electron chi connectivity index (χ4n) is 2.75. The minimum absolute atomic E-state index is 0.0394. The van der Waals surface area contributed by atoms with Crippen molar-refractivity contribution in [1.29, 1.82) is 0 Å². The maximum atomic E-state index is 12.1. The van der Waals surface area contributed by atoms with Crippen molar-refractivity contribution in [3.8, 4) is 0 Å². The summed E-state index contributed by atoms with van der Waals surface area (Å²) in [4.78, 5) is 12.1. The van der Waals surface area contributed by atoms with E-state index in [1.54, 1.807) is 12.1 Å². The molecule has 0 saturated carbocycles. The maximum Gasteiger partial charge on any atom is 0.238 e. The zero-order valence-corrected chi connectivity index (χ0v) is 15.3. The van der Waals surface area contributed by atoms with Gasteiger partial charge in [-0.15, -0.1) is 0 Å². The first-order valence-corrected chi connectivity index (χ1v) is 10.1. The number of amides is 1. The van der Waals surface area contributed by atoms with Gasteiger partial charge in [0.25, 0.3) is 0 Å². The van der Waals surface area contributed by atoms with Crippen molar-refractivity contribution >= 4 is 15.9 Å². The third kappa shape index (κ3) is 6.39. The Morgan fingerprint density at radius 1 is 1.48 bits per heavy atom. The first-order valence-electron chi connectivity index (χ1n) is 8.51. The second kappa shape index (κ2) is 9.28. The number of rotatable bonds is 9. The third-order valence-electron chi connectivity index (χ3n) is 4.13. The van der Waals surface area contributed by atoms with Crippen LogP contribution in [0.3, 0.4) is 0 Å². The molecule has 3 N–H and O–H groups in total. The molecule has 2 atom stereocenters. The van der Waals surface area contributed by atoms with E-state index in [4.69, 9.17) is 14.6 Å². The van der Waals surface area contributed by atoms with E-state index in [2.05, 4.69) is 5.32 Å². The first-order chi connectivity index (χ1) is 11.9. The van der Waals surface area contributed by atoms with Gasteiger partial charge < -0.3 is 14.8 Å². The highest BCUT2D eigenvalue weighted by molar-refractivity contribution is 7.89. The Labute approximate surface area is 148 Å². The van der Waals surface area contributed by atoms with Crippen LogP contribution in [0.15, 0.2) is 29.2 Å². The SMILES string of the molecule is CC[C@@H](NC(=O)CCOC[C@@H]1CCCO1)c1cccc(S(N)(=O)=O)c1. The summed E-state index contributed by atoms with van der Waals surface area (Å²) in [7, 11) is -3.77. The summed E-state index contributed by atoms with van der Waals surface area (Å²) in [6.07, 6.45) is 3.09. The van der Waals surface area contributed by atoms with Crippen LogP contribution < -0.4 is 10.5 Å². The van der Waals surface area contributed by atoms with Gasteiger partial charge in [0.15, 0.2) is 0 Å². The average Bonchev–Trinajstić information content (AvgIpc) is 3.09. The van der Waals surface area contributed by atoms with Crippen LogP contribution in [0.1, 0.15) is 44.2 Å². The number of carbonyl (C=O) groups excluding carboxylic acids is 1. The van der Waals surface area contributed by atoms with Crippen molar-refractivity contribution in [1.82, 2.24) is 5.32 Å². The number of sulfonamides is 1. The van der Waals surface area contributed by atoms with Crippen molar-refractivity contribution in [3.05, 3.63) is 29.8 Å². The Kier molecular flexibility index (Phi) is 7.37. The highest BCUT2D eigenvalue weighted by Gasteiger charge is 2.17. The van der Waals surface area contributed by atoms with Gasteiger partial charge in [-0.3, -0.25) is 4.79 Å². The standard InChI is InChI=1S/C17H26N2O5S/c1-2-16(13-5-3-7-15(11-13)25(18,21)22)19-17(20)8-10-23-12-14-6-4-9-24-14/h3,5,7,11,14,16H,2,4,6,8-10,12H2,1H3,(H,19,20)(H2,18,21,22)/t14-,16+/m0/s1. The van der Waals surface area contributed by atoms with E-state index in [0.717, 1.165) is 19.4 Å². The van der Waals surface area contributed by atoms with Gasteiger partial charge in [-0.2, -0.15) is 0 Å². The molecule has 140 valence electrons. The van der Waals surface area contributed by atoms with Gasteiger partial charge >= 0.3 is 0 Å². The summed E-state index contributed by atoms with van der Waals surface area (Å²) in [6.45, 7) is 3.55. The summed E-state index contributed by atoms with van der Waals surface area (Å²) in [5.41, 5.74) is 0.711. The van der Waals surface area contributed by atoms with Gasteiger partial charge in [-0.05, 0) is 37.0 Å². The lowest BCUT2D eigenvalue weighted by Gasteiger charge is -2.18. The van der Waals surface area contributed by atoms with Gasteiger partial charge in [0.1, 0.15) is 0 Å². The first kappa shape index (κ1) is 19.8. The van der Waals surface area contributed by atoms with Gasteiger partial charge in [-0.1, -0.05) is 19.1 Å². The normalized spacial score (nSPS) is 18.9. The van der Waals surface area contributed by atoms with Crippen LogP contribution in [0, 0.1) is 0 Å². The third-order valence-corrected chi connectivity index (χ3v) is 5.04. The van der Waals surface area contributed by atoms with Gasteiger partial charge in [0, 0.05) is 13.0 Å². The minimum Gasteiger partial charge on any atom is -0.378 e. The summed E-state index contributed by atoms with van der Waals surface area (Å²) < 4.78 is 33.9. The molecule has 0 aromatic heterocycles. The smallest absolute Gasteiger partial charge is 0.238 e. The molecule has 7 nitrogen and oxygen atoms in total. The second-order valence-corrected chi connectivity index (χ2v) is 7.67. The van der Waals surface area contributed by atoms with E-state index in [0.29, 0.717) is 25.2 Å². The molecule has 0 bridgehead atoms. The number of benzene rings is 1. The number of nitrogens with one attached hydrogen (secondary N) is 1. The number of hydrogen-bond acceptors (Lipinski definition) is 5. The molecule has 2 rings (SSSR count). The lowest BCUT2D eigenvalue weighted by Crippen LogP contribution is -2.29. The second-order valence-electron chi connectivity index (χ2n) is 6.11. The van der Waals surface area contributed by atoms with Crippen LogP contribution in [-0.2, 0) is 24.3 Å². The van der Waals surface area contributed by atoms with Crippen molar-refractivity contribution in [2.45, 2.75) is 49.6 Å². The van der Waals surface area contributed by atoms with E-state index < -0.39 is 10.0 Å². The molecular weight excluding hydrogens is 344 g/mol. The lowest BCUT2D eigenvalue weighted by molar-refractivity contribution is -0.123. The molecule has 1 aromatic carbocycles. The van der Waals surface area contributed by atoms with Gasteiger partial charge in [-0.25, -0.2) is 13.6 Å². The summed E-state index contributed by atoms with van der Waals surface area (Å²) in [6, 6.07) is 6.06. The molecular formula is C17H26N2O5S. The van der Waals surface area contributed by atoms with E-state index in [1.807, 2.05) is 6.92 Å². The number of nitrogens with two attached hydrogens (primary N) is 1. The van der Waals surface area contributed by atoms with Crippen LogP contribution in [-0.4, -0.2) is 40.2 Å². The predicted molar refractivity (Wildman–Crippen MR) is 93.4 cm³/mol. The van der Waals surface area contributed by atoms with Crippen molar-refractivity contribution in [2.75, 3.05) is 19.8 Å². The zero-order chi connectivity index (χ0) is 18.3. The fourth-order valence-corrected chi connectivity index (χ4v) is 3.32. The van der Waals surface area contributed by atoms with E-state index in [9.17, 15) is 13.2 Å². The summed E-state index contributed by atoms with van der Waals surface area (Å²) in [5.74, 6) is -0.139. The Bertz CT molecular complexity index is 671. The average molecular weight is 370 g/mol. The quantitative estimate of drug-likeness (QED) is 0.640. The predicted octanol–water partition coefficient (Wildman–Crippen LogP) is 1.49. The number of primary sulfonamides is 1. The van der Waals surface area contributed by atoms with E-state index >= 15 is 0 Å². The Morgan fingerprint density at radius 3 is 2.92 bits per heavy atom. The Morgan fingerprint density at radius 2 is 2.28 bits per heavy atom. The highest BCUT2D eigenvalue weighted by atomic mass is 32.2. The number of ether oxygens (including phenoxy) is 2. The molecule has 0 spiro atoms. The lowest BCUT2D eigenvalue weighted by atomic mass is 10.0. The van der Waals surface area contributed by atoms with Crippen molar-refractivity contribution in [3.63, 3.8) is 0 Å². The van der Waals surface area contributed by atoms with E-state index in [1.165, 1.54) is 12.1 Å². The van der Waals surface area contributed by atoms with Crippen LogP contribution in [0.2, 0.25) is 0 Å². The molecule has 8 heteroatoms. The molecule has 1 aliphatic heterocycles. The Balaban J connectivity index is 1.83. The molecule has 1 heterocycles. The molecule has 25 heavy (non-hydrogen) atoms. The van der Waals surface area contributed by atoms with Crippen molar-refractivity contribution in [2.24, 2.45) is 5.14 Å². The van der Waals surface area contributed by atoms with Crippen LogP contribution in [0.4, 0.5) is 0 Å². The number of carbonyl (C=O) groups is 1. The monoisotopic (exact) mass is 370 g/mol. The molecule has 0 radical (unpaired) electrons. The van der Waals surface area contributed by atoms with Crippen LogP contribution in [0.25, 0.3) is 0 Å². The molecule has 1 aromatic rings. The molecule has 0 unspecified atom stereocenters. The zero-order valence-electron chi connectivity index (χ0n) is 14.4. The molecule has 1 fully saturated rings. The Hall–Kier alpha value is -1.48. The molecule has 0 aliphatic carbocycles. The summed E-state index contributed by atoms with van der Waals surface area (Å²) >= 11 is 0. The molecule has 1 saturated heterocycles. The number of hydrogen-bond donors (Lipinski definition) is 2. The van der Waals surface area contributed by atoms with Gasteiger partial charge in [0.2, 0.25) is 15.9 Å². The fraction of sp³-hybridized carbons (Fsp3) is 0.588.